The molecule has 0 aromatic rings. The van der Waals surface area contributed by atoms with Gasteiger partial charge in [-0.1, -0.05) is 33.8 Å². The third-order valence-corrected chi connectivity index (χ3v) is 2.12. The molecule has 0 bridgehead atoms. The Morgan fingerprint density at radius 1 is 1.43 bits per heavy atom. The fourth-order valence-electron chi connectivity index (χ4n) is 1.33. The van der Waals surface area contributed by atoms with Gasteiger partial charge in [0.2, 0.25) is 0 Å². The number of rotatable bonds is 9. The molecule has 0 spiro atoms. The van der Waals surface area contributed by atoms with Crippen molar-refractivity contribution < 1.29 is 4.74 Å². The van der Waals surface area contributed by atoms with E-state index in [0.29, 0.717) is 12.5 Å². The fraction of sp³-hybridized carbons (Fsp3) is 0.833. The Bertz CT molecular complexity index is 145. The quantitative estimate of drug-likeness (QED) is 0.576. The topological polar surface area (TPSA) is 21.3 Å². The molecule has 0 fully saturated rings. The number of hydrogen-bond donors (Lipinski definition) is 1. The lowest BCUT2D eigenvalue weighted by Gasteiger charge is -2.12. The van der Waals surface area contributed by atoms with Crippen molar-refractivity contribution in [2.45, 2.75) is 33.6 Å². The SMILES string of the molecule is C=C(CNCC)COCC(C)CCC. The van der Waals surface area contributed by atoms with E-state index >= 15 is 0 Å². The van der Waals surface area contributed by atoms with Crippen molar-refractivity contribution in [3.8, 4) is 0 Å². The average Bonchev–Trinajstić information content (AvgIpc) is 2.15. The maximum absolute atomic E-state index is 5.57. The molecule has 0 heterocycles. The van der Waals surface area contributed by atoms with Gasteiger partial charge in [-0.05, 0) is 24.5 Å². The Morgan fingerprint density at radius 2 is 2.14 bits per heavy atom. The molecular formula is C12H25NO. The Kier molecular flexibility index (Phi) is 9.00. The molecule has 0 saturated carbocycles. The second-order valence-electron chi connectivity index (χ2n) is 3.94. The summed E-state index contributed by atoms with van der Waals surface area (Å²) in [5.74, 6) is 0.673. The van der Waals surface area contributed by atoms with Gasteiger partial charge in [0, 0.05) is 13.2 Å². The highest BCUT2D eigenvalue weighted by Crippen LogP contribution is 2.05. The molecule has 0 radical (unpaired) electrons. The van der Waals surface area contributed by atoms with E-state index in [1.54, 1.807) is 0 Å². The van der Waals surface area contributed by atoms with E-state index in [1.807, 2.05) is 0 Å². The van der Waals surface area contributed by atoms with Gasteiger partial charge in [0.05, 0.1) is 6.61 Å². The lowest BCUT2D eigenvalue weighted by Crippen LogP contribution is -2.18. The van der Waals surface area contributed by atoms with Crippen LogP contribution in [0.1, 0.15) is 33.6 Å². The number of ether oxygens (including phenoxy) is 1. The summed E-state index contributed by atoms with van der Waals surface area (Å²) in [5, 5.41) is 3.23. The van der Waals surface area contributed by atoms with Crippen molar-refractivity contribution >= 4 is 0 Å². The van der Waals surface area contributed by atoms with Gasteiger partial charge in [0.15, 0.2) is 0 Å². The van der Waals surface area contributed by atoms with Crippen LogP contribution in [0.3, 0.4) is 0 Å². The Morgan fingerprint density at radius 3 is 2.71 bits per heavy atom. The maximum atomic E-state index is 5.57. The first kappa shape index (κ1) is 13.7. The summed E-state index contributed by atoms with van der Waals surface area (Å²) < 4.78 is 5.57. The molecule has 84 valence electrons. The van der Waals surface area contributed by atoms with E-state index < -0.39 is 0 Å². The van der Waals surface area contributed by atoms with Crippen LogP contribution in [-0.4, -0.2) is 26.3 Å². The molecule has 0 aromatic heterocycles. The summed E-state index contributed by atoms with van der Waals surface area (Å²) in [5.41, 5.74) is 1.13. The largest absolute Gasteiger partial charge is 0.377 e. The van der Waals surface area contributed by atoms with Gasteiger partial charge in [-0.3, -0.25) is 0 Å². The van der Waals surface area contributed by atoms with Gasteiger partial charge in [-0.15, -0.1) is 0 Å². The van der Waals surface area contributed by atoms with E-state index in [2.05, 4.69) is 32.7 Å². The normalized spacial score (nSPS) is 12.8. The first-order valence-corrected chi connectivity index (χ1v) is 5.65. The molecule has 2 nitrogen and oxygen atoms in total. The highest BCUT2D eigenvalue weighted by molar-refractivity contribution is 4.96. The molecule has 0 amide bonds. The summed E-state index contributed by atoms with van der Waals surface area (Å²) in [4.78, 5) is 0. The van der Waals surface area contributed by atoms with Crippen LogP contribution in [-0.2, 0) is 4.74 Å². The van der Waals surface area contributed by atoms with Gasteiger partial charge in [0.1, 0.15) is 0 Å². The summed E-state index contributed by atoms with van der Waals surface area (Å²) in [6.45, 7) is 13.9. The van der Waals surface area contributed by atoms with E-state index in [4.69, 9.17) is 4.74 Å². The van der Waals surface area contributed by atoms with Crippen LogP contribution in [0.5, 0.6) is 0 Å². The predicted octanol–water partition coefficient (Wildman–Crippen LogP) is 2.60. The van der Waals surface area contributed by atoms with Crippen LogP contribution in [0.15, 0.2) is 12.2 Å². The first-order chi connectivity index (χ1) is 6.70. The maximum Gasteiger partial charge on any atom is 0.0686 e. The van der Waals surface area contributed by atoms with Crippen molar-refractivity contribution in [1.82, 2.24) is 5.32 Å². The standard InChI is InChI=1S/C12H25NO/c1-5-7-11(3)9-14-10-12(4)8-13-6-2/h11,13H,4-10H2,1-3H3. The molecule has 1 N–H and O–H groups in total. The fourth-order valence-corrected chi connectivity index (χ4v) is 1.33. The van der Waals surface area contributed by atoms with Crippen molar-refractivity contribution in [3.05, 3.63) is 12.2 Å². The molecule has 0 aliphatic rings. The molecule has 2 heteroatoms. The zero-order chi connectivity index (χ0) is 10.8. The third-order valence-electron chi connectivity index (χ3n) is 2.12. The highest BCUT2D eigenvalue weighted by atomic mass is 16.5. The van der Waals surface area contributed by atoms with Crippen LogP contribution >= 0.6 is 0 Å². The minimum atomic E-state index is 0.673. The smallest absolute Gasteiger partial charge is 0.0686 e. The first-order valence-electron chi connectivity index (χ1n) is 5.65. The van der Waals surface area contributed by atoms with Crippen LogP contribution < -0.4 is 5.32 Å². The van der Waals surface area contributed by atoms with E-state index in [1.165, 1.54) is 12.8 Å². The second kappa shape index (κ2) is 9.22. The second-order valence-corrected chi connectivity index (χ2v) is 3.94. The van der Waals surface area contributed by atoms with Crippen LogP contribution in [0.4, 0.5) is 0 Å². The lowest BCUT2D eigenvalue weighted by molar-refractivity contribution is 0.119. The van der Waals surface area contributed by atoms with E-state index in [-0.39, 0.29) is 0 Å². The third kappa shape index (κ3) is 8.27. The average molecular weight is 199 g/mol. The molecule has 1 atom stereocenters. The van der Waals surface area contributed by atoms with Gasteiger partial charge in [-0.25, -0.2) is 0 Å². The summed E-state index contributed by atoms with van der Waals surface area (Å²) >= 11 is 0. The van der Waals surface area contributed by atoms with Gasteiger partial charge in [-0.2, -0.15) is 0 Å². The lowest BCUT2D eigenvalue weighted by atomic mass is 10.1. The number of likely N-dealkylation sites (N-methyl/N-ethyl adjacent to an activating group) is 1. The molecule has 1 unspecified atom stereocenters. The molecular weight excluding hydrogens is 174 g/mol. The van der Waals surface area contributed by atoms with Crippen molar-refractivity contribution in [2.24, 2.45) is 5.92 Å². The predicted molar refractivity (Wildman–Crippen MR) is 62.6 cm³/mol. The van der Waals surface area contributed by atoms with Crippen molar-refractivity contribution in [2.75, 3.05) is 26.3 Å². The Hall–Kier alpha value is -0.340. The molecule has 0 rings (SSSR count). The highest BCUT2D eigenvalue weighted by Gasteiger charge is 2.01. The minimum Gasteiger partial charge on any atom is -0.377 e. The van der Waals surface area contributed by atoms with E-state index in [9.17, 15) is 0 Å². The monoisotopic (exact) mass is 199 g/mol. The zero-order valence-corrected chi connectivity index (χ0v) is 9.94. The van der Waals surface area contributed by atoms with Crippen LogP contribution in [0.25, 0.3) is 0 Å². The Labute approximate surface area is 88.7 Å². The summed E-state index contributed by atoms with van der Waals surface area (Å²) in [7, 11) is 0. The molecule has 14 heavy (non-hydrogen) atoms. The van der Waals surface area contributed by atoms with Gasteiger partial charge in [0.25, 0.3) is 0 Å². The number of nitrogens with one attached hydrogen (secondary N) is 1. The van der Waals surface area contributed by atoms with Crippen LogP contribution in [0.2, 0.25) is 0 Å². The molecule has 0 aliphatic heterocycles. The van der Waals surface area contributed by atoms with Crippen LogP contribution in [0, 0.1) is 5.92 Å². The molecule has 0 aromatic carbocycles. The van der Waals surface area contributed by atoms with Gasteiger partial charge >= 0.3 is 0 Å². The zero-order valence-electron chi connectivity index (χ0n) is 9.94. The van der Waals surface area contributed by atoms with E-state index in [0.717, 1.165) is 25.3 Å². The summed E-state index contributed by atoms with van der Waals surface area (Å²) in [6, 6.07) is 0. The number of hydrogen-bond acceptors (Lipinski definition) is 2. The van der Waals surface area contributed by atoms with Crippen molar-refractivity contribution in [1.29, 1.82) is 0 Å². The Balaban J connectivity index is 3.30. The van der Waals surface area contributed by atoms with Gasteiger partial charge < -0.3 is 10.1 Å². The molecule has 0 aliphatic carbocycles. The molecule has 0 saturated heterocycles. The van der Waals surface area contributed by atoms with Crippen molar-refractivity contribution in [3.63, 3.8) is 0 Å². The summed E-state index contributed by atoms with van der Waals surface area (Å²) in [6.07, 6.45) is 2.49. The minimum absolute atomic E-state index is 0.673.